The summed E-state index contributed by atoms with van der Waals surface area (Å²) in [4.78, 5) is 32.1. The zero-order chi connectivity index (χ0) is 45.0. The molecule has 0 aromatic heterocycles. The topological polar surface area (TPSA) is 67.4 Å². The van der Waals surface area contributed by atoms with Crippen molar-refractivity contribution >= 4 is 0 Å². The van der Waals surface area contributed by atoms with Crippen molar-refractivity contribution in [3.05, 3.63) is 166 Å². The van der Waals surface area contributed by atoms with E-state index in [9.17, 15) is 0 Å². The zero-order valence-corrected chi connectivity index (χ0v) is 39.2. The SMILES string of the molecule is CC.CC.CC.CC.CC.Cc1ccc(C#Cc2ccc(OOCc3ccc(C)cc3)cc2)cc1.Cc1ccc(COOC2CNC(COOc3ccc(C)cc3)C2)cc1. The highest BCUT2D eigenvalue weighted by molar-refractivity contribution is 5.44. The van der Waals surface area contributed by atoms with Crippen molar-refractivity contribution in [2.24, 2.45) is 0 Å². The Morgan fingerprint density at radius 1 is 0.450 bits per heavy atom. The molecule has 6 rings (SSSR count). The molecular weight excluding hydrogens is 747 g/mol. The summed E-state index contributed by atoms with van der Waals surface area (Å²) in [6.07, 6.45) is 0.851. The molecule has 328 valence electrons. The summed E-state index contributed by atoms with van der Waals surface area (Å²) in [6, 6.07) is 40.1. The lowest BCUT2D eigenvalue weighted by molar-refractivity contribution is -0.329. The van der Waals surface area contributed by atoms with Crippen LogP contribution < -0.4 is 15.1 Å². The molecule has 7 heteroatoms. The van der Waals surface area contributed by atoms with Gasteiger partial charge < -0.3 is 15.1 Å². The first kappa shape index (κ1) is 55.1. The number of rotatable bonds is 12. The number of benzene rings is 5. The predicted octanol–water partition coefficient (Wildman–Crippen LogP) is 13.8. The van der Waals surface area contributed by atoms with Crippen molar-refractivity contribution in [1.29, 1.82) is 0 Å². The van der Waals surface area contributed by atoms with Crippen molar-refractivity contribution in [2.75, 3.05) is 13.2 Å². The summed E-state index contributed by atoms with van der Waals surface area (Å²) >= 11 is 0. The average Bonchev–Trinajstić information content (AvgIpc) is 3.77. The van der Waals surface area contributed by atoms with E-state index >= 15 is 0 Å². The number of aryl methyl sites for hydroxylation is 4. The summed E-state index contributed by atoms with van der Waals surface area (Å²) in [7, 11) is 0. The summed E-state index contributed by atoms with van der Waals surface area (Å²) in [5, 5.41) is 3.35. The molecular formula is C53H75NO6. The molecule has 0 aliphatic carbocycles. The van der Waals surface area contributed by atoms with Gasteiger partial charge in [-0.15, -0.1) is 0 Å². The minimum absolute atomic E-state index is 0.0263. The first-order valence-electron chi connectivity index (χ1n) is 21.8. The molecule has 5 aromatic rings. The molecule has 0 bridgehead atoms. The van der Waals surface area contributed by atoms with Crippen LogP contribution in [0.15, 0.2) is 121 Å². The summed E-state index contributed by atoms with van der Waals surface area (Å²) in [5.74, 6) is 7.67. The lowest BCUT2D eigenvalue weighted by atomic mass is 10.1. The van der Waals surface area contributed by atoms with Gasteiger partial charge in [0.2, 0.25) is 0 Å². The van der Waals surface area contributed by atoms with Gasteiger partial charge in [-0.05, 0) is 93.8 Å². The van der Waals surface area contributed by atoms with Crippen LogP contribution >= 0.6 is 0 Å². The first-order valence-corrected chi connectivity index (χ1v) is 21.8. The van der Waals surface area contributed by atoms with Gasteiger partial charge in [0.25, 0.3) is 0 Å². The number of hydrogen-bond donors (Lipinski definition) is 1. The van der Waals surface area contributed by atoms with Crippen molar-refractivity contribution < 1.29 is 29.3 Å². The van der Waals surface area contributed by atoms with Crippen LogP contribution in [0.5, 0.6) is 11.5 Å². The molecule has 2 atom stereocenters. The van der Waals surface area contributed by atoms with E-state index in [1.165, 1.54) is 22.3 Å². The van der Waals surface area contributed by atoms with E-state index in [1.807, 2.05) is 161 Å². The van der Waals surface area contributed by atoms with Crippen molar-refractivity contribution in [1.82, 2.24) is 5.32 Å². The van der Waals surface area contributed by atoms with Gasteiger partial charge in [-0.2, -0.15) is 9.78 Å². The predicted molar refractivity (Wildman–Crippen MR) is 252 cm³/mol. The highest BCUT2D eigenvalue weighted by Gasteiger charge is 2.26. The molecule has 0 spiro atoms. The molecule has 0 amide bonds. The first-order chi connectivity index (χ1) is 29.4. The van der Waals surface area contributed by atoms with Gasteiger partial charge in [0.05, 0.1) is 0 Å². The van der Waals surface area contributed by atoms with E-state index in [1.54, 1.807) is 0 Å². The Hall–Kier alpha value is -4.94. The maximum absolute atomic E-state index is 5.49. The van der Waals surface area contributed by atoms with Crippen molar-refractivity contribution in [3.63, 3.8) is 0 Å². The maximum Gasteiger partial charge on any atom is 0.165 e. The fraction of sp³-hybridized carbons (Fsp3) is 0.396. The minimum Gasteiger partial charge on any atom is -0.338 e. The quantitative estimate of drug-likeness (QED) is 0.0764. The van der Waals surface area contributed by atoms with E-state index in [4.69, 9.17) is 29.3 Å². The van der Waals surface area contributed by atoms with Gasteiger partial charge in [0, 0.05) is 23.7 Å². The highest BCUT2D eigenvalue weighted by Crippen LogP contribution is 2.16. The van der Waals surface area contributed by atoms with E-state index in [0.717, 1.165) is 35.2 Å². The Balaban J connectivity index is 0.000000961. The largest absolute Gasteiger partial charge is 0.338 e. The van der Waals surface area contributed by atoms with Crippen LogP contribution in [-0.4, -0.2) is 25.3 Å². The van der Waals surface area contributed by atoms with Gasteiger partial charge in [-0.25, -0.2) is 9.78 Å². The van der Waals surface area contributed by atoms with Gasteiger partial charge in [-0.3, -0.25) is 0 Å². The molecule has 1 aliphatic heterocycles. The molecule has 1 fully saturated rings. The molecule has 1 N–H and O–H groups in total. The second kappa shape index (κ2) is 36.0. The lowest BCUT2D eigenvalue weighted by Gasteiger charge is -2.11. The van der Waals surface area contributed by atoms with Crippen LogP contribution in [0.2, 0.25) is 0 Å². The second-order valence-corrected chi connectivity index (χ2v) is 12.5. The van der Waals surface area contributed by atoms with Crippen molar-refractivity contribution in [3.8, 4) is 23.3 Å². The van der Waals surface area contributed by atoms with Crippen LogP contribution in [0.3, 0.4) is 0 Å². The highest BCUT2D eigenvalue weighted by atomic mass is 17.2. The zero-order valence-electron chi connectivity index (χ0n) is 39.2. The van der Waals surface area contributed by atoms with Gasteiger partial charge in [0.1, 0.15) is 25.9 Å². The van der Waals surface area contributed by atoms with Gasteiger partial charge >= 0.3 is 0 Å². The Morgan fingerprint density at radius 3 is 1.25 bits per heavy atom. The minimum atomic E-state index is 0.0263. The molecule has 5 aromatic carbocycles. The van der Waals surface area contributed by atoms with E-state index in [-0.39, 0.29) is 12.1 Å². The molecule has 1 aliphatic rings. The van der Waals surface area contributed by atoms with Crippen LogP contribution in [0.1, 0.15) is 120 Å². The lowest BCUT2D eigenvalue weighted by Crippen LogP contribution is -2.27. The van der Waals surface area contributed by atoms with Crippen molar-refractivity contribution in [2.45, 2.75) is 129 Å². The molecule has 0 radical (unpaired) electrons. The normalized spacial score (nSPS) is 13.0. The molecule has 0 saturated carbocycles. The van der Waals surface area contributed by atoms with E-state index < -0.39 is 0 Å². The van der Waals surface area contributed by atoms with Gasteiger partial charge in [0.15, 0.2) is 11.5 Å². The Labute approximate surface area is 364 Å². The standard InChI is InChI=1S/C23H20O2.C20H25NO4.5C2H6/c1-18-3-7-20(8-4-18)11-12-21-13-15-23(16-14-21)25-24-17-22-9-5-19(2)6-10-22;1-15-3-7-17(8-4-15)13-22-25-20-11-18(21-12-20)14-23-24-19-9-5-16(2)6-10-19;5*1-2/h3-10,13-16H,17H2,1-2H3;3-10,18,20-21H,11-14H2,1-2H3;5*1-2H3. The van der Waals surface area contributed by atoms with Crippen LogP contribution in [-0.2, 0) is 32.8 Å². The molecule has 2 unspecified atom stereocenters. The Bertz CT molecular complexity index is 1720. The van der Waals surface area contributed by atoms with Crippen LogP contribution in [0.25, 0.3) is 0 Å². The average molecular weight is 822 g/mol. The number of hydrogen-bond acceptors (Lipinski definition) is 7. The maximum atomic E-state index is 5.49. The second-order valence-electron chi connectivity index (χ2n) is 12.5. The third-order valence-electron chi connectivity index (χ3n) is 7.94. The molecule has 60 heavy (non-hydrogen) atoms. The van der Waals surface area contributed by atoms with E-state index in [0.29, 0.717) is 31.3 Å². The third-order valence-corrected chi connectivity index (χ3v) is 7.94. The van der Waals surface area contributed by atoms with Gasteiger partial charge in [-0.1, -0.05) is 176 Å². The molecule has 1 saturated heterocycles. The van der Waals surface area contributed by atoms with E-state index in [2.05, 4.69) is 74.3 Å². The Kier molecular flexibility index (Phi) is 33.0. The summed E-state index contributed by atoms with van der Waals surface area (Å²) < 4.78 is 0. The number of nitrogens with one attached hydrogen (secondary N) is 1. The van der Waals surface area contributed by atoms with Crippen LogP contribution in [0.4, 0.5) is 0 Å². The smallest absolute Gasteiger partial charge is 0.165 e. The molecule has 1 heterocycles. The molecule has 7 nitrogen and oxygen atoms in total. The fourth-order valence-corrected chi connectivity index (χ4v) is 4.87. The van der Waals surface area contributed by atoms with Crippen LogP contribution in [0, 0.1) is 39.5 Å². The monoisotopic (exact) mass is 822 g/mol. The third kappa shape index (κ3) is 24.2. The Morgan fingerprint density at radius 2 is 0.800 bits per heavy atom. The summed E-state index contributed by atoms with van der Waals surface area (Å²) in [5.41, 5.74) is 9.01. The summed E-state index contributed by atoms with van der Waals surface area (Å²) in [6.45, 7) is 30.3. The fourth-order valence-electron chi connectivity index (χ4n) is 4.87.